The summed E-state index contributed by atoms with van der Waals surface area (Å²) in [6, 6.07) is 2.98. The molecule has 15 heavy (non-hydrogen) atoms. The van der Waals surface area contributed by atoms with Crippen LogP contribution in [0.4, 0.5) is 4.39 Å². The average molecular weight is 230 g/mol. The molecule has 4 heteroatoms. The Morgan fingerprint density at radius 1 is 1.53 bits per heavy atom. The van der Waals surface area contributed by atoms with Crippen LogP contribution in [0.2, 0.25) is 5.02 Å². The van der Waals surface area contributed by atoms with E-state index in [1.54, 1.807) is 6.07 Å². The number of rotatable bonds is 2. The molecule has 1 aliphatic heterocycles. The summed E-state index contributed by atoms with van der Waals surface area (Å²) in [4.78, 5) is 0. The van der Waals surface area contributed by atoms with E-state index in [1.165, 1.54) is 13.2 Å². The van der Waals surface area contributed by atoms with Crippen LogP contribution in [0.1, 0.15) is 24.4 Å². The van der Waals surface area contributed by atoms with E-state index in [0.29, 0.717) is 16.3 Å². The SMILES string of the molecule is COc1ccc(F)c(C2CCCN2)c1Cl. The number of ether oxygens (including phenoxy) is 1. The second-order valence-electron chi connectivity index (χ2n) is 3.63. The third-order valence-electron chi connectivity index (χ3n) is 2.72. The van der Waals surface area contributed by atoms with Gasteiger partial charge in [-0.05, 0) is 31.5 Å². The van der Waals surface area contributed by atoms with Gasteiger partial charge in [-0.3, -0.25) is 0 Å². The van der Waals surface area contributed by atoms with Crippen LogP contribution >= 0.6 is 11.6 Å². The maximum Gasteiger partial charge on any atom is 0.138 e. The maximum atomic E-state index is 13.6. The van der Waals surface area contributed by atoms with Crippen LogP contribution in [0.25, 0.3) is 0 Å². The molecular weight excluding hydrogens is 217 g/mol. The highest BCUT2D eigenvalue weighted by atomic mass is 35.5. The quantitative estimate of drug-likeness (QED) is 0.842. The van der Waals surface area contributed by atoms with E-state index in [-0.39, 0.29) is 11.9 Å². The summed E-state index contributed by atoms with van der Waals surface area (Å²) in [5, 5.41) is 3.61. The summed E-state index contributed by atoms with van der Waals surface area (Å²) in [6.45, 7) is 0.914. The lowest BCUT2D eigenvalue weighted by Crippen LogP contribution is -2.15. The van der Waals surface area contributed by atoms with Crippen molar-refractivity contribution >= 4 is 11.6 Å². The van der Waals surface area contributed by atoms with Crippen LogP contribution in [0.15, 0.2) is 12.1 Å². The van der Waals surface area contributed by atoms with Crippen molar-refractivity contribution in [1.29, 1.82) is 0 Å². The summed E-state index contributed by atoms with van der Waals surface area (Å²) in [6.07, 6.45) is 1.97. The first kappa shape index (κ1) is 10.7. The summed E-state index contributed by atoms with van der Waals surface area (Å²) in [7, 11) is 1.53. The molecule has 82 valence electrons. The summed E-state index contributed by atoms with van der Waals surface area (Å²) in [5.74, 6) is 0.266. The van der Waals surface area contributed by atoms with Crippen molar-refractivity contribution in [3.05, 3.63) is 28.5 Å². The van der Waals surface area contributed by atoms with Gasteiger partial charge in [-0.2, -0.15) is 0 Å². The van der Waals surface area contributed by atoms with Gasteiger partial charge in [0.15, 0.2) is 0 Å². The number of halogens is 2. The Morgan fingerprint density at radius 3 is 2.93 bits per heavy atom. The second kappa shape index (κ2) is 4.37. The lowest BCUT2D eigenvalue weighted by Gasteiger charge is -2.15. The molecule has 0 radical (unpaired) electrons. The molecule has 1 atom stereocenters. The van der Waals surface area contributed by atoms with Gasteiger partial charge in [0.25, 0.3) is 0 Å². The molecule has 1 unspecified atom stereocenters. The van der Waals surface area contributed by atoms with Gasteiger partial charge in [-0.1, -0.05) is 11.6 Å². The Labute approximate surface area is 93.4 Å². The van der Waals surface area contributed by atoms with Crippen molar-refractivity contribution in [2.75, 3.05) is 13.7 Å². The van der Waals surface area contributed by atoms with Gasteiger partial charge >= 0.3 is 0 Å². The van der Waals surface area contributed by atoms with Crippen LogP contribution in [-0.4, -0.2) is 13.7 Å². The molecule has 0 aromatic heterocycles. The lowest BCUT2D eigenvalue weighted by molar-refractivity contribution is 0.411. The smallest absolute Gasteiger partial charge is 0.138 e. The molecular formula is C11H13ClFNO. The van der Waals surface area contributed by atoms with E-state index >= 15 is 0 Å². The highest BCUT2D eigenvalue weighted by Gasteiger charge is 2.24. The van der Waals surface area contributed by atoms with Crippen molar-refractivity contribution < 1.29 is 9.13 Å². The largest absolute Gasteiger partial charge is 0.495 e. The van der Waals surface area contributed by atoms with Gasteiger partial charge in [0.1, 0.15) is 11.6 Å². The minimum atomic E-state index is -0.264. The standard InChI is InChI=1S/C11H13ClFNO/c1-15-9-5-4-7(13)10(11(9)12)8-3-2-6-14-8/h4-5,8,14H,2-3,6H2,1H3. The molecule has 2 nitrogen and oxygen atoms in total. The molecule has 1 heterocycles. The molecule has 2 rings (SSSR count). The fourth-order valence-electron chi connectivity index (χ4n) is 1.96. The molecule has 1 fully saturated rings. The fourth-order valence-corrected chi connectivity index (χ4v) is 2.32. The summed E-state index contributed by atoms with van der Waals surface area (Å²) >= 11 is 6.09. The van der Waals surface area contributed by atoms with Crippen molar-refractivity contribution in [2.24, 2.45) is 0 Å². The van der Waals surface area contributed by atoms with Crippen molar-refractivity contribution in [1.82, 2.24) is 5.32 Å². The second-order valence-corrected chi connectivity index (χ2v) is 4.00. The Morgan fingerprint density at radius 2 is 2.33 bits per heavy atom. The fraction of sp³-hybridized carbons (Fsp3) is 0.455. The van der Waals surface area contributed by atoms with Crippen LogP contribution in [0.3, 0.4) is 0 Å². The number of hydrogen-bond acceptors (Lipinski definition) is 2. The van der Waals surface area contributed by atoms with E-state index in [9.17, 15) is 4.39 Å². The maximum absolute atomic E-state index is 13.6. The van der Waals surface area contributed by atoms with E-state index < -0.39 is 0 Å². The van der Waals surface area contributed by atoms with Gasteiger partial charge in [-0.25, -0.2) is 4.39 Å². The van der Waals surface area contributed by atoms with Crippen LogP contribution in [-0.2, 0) is 0 Å². The molecule has 1 saturated heterocycles. The van der Waals surface area contributed by atoms with Gasteiger partial charge in [0.05, 0.1) is 12.1 Å². The Bertz CT molecular complexity index is 364. The highest BCUT2D eigenvalue weighted by molar-refractivity contribution is 6.32. The number of hydrogen-bond donors (Lipinski definition) is 1. The van der Waals surface area contributed by atoms with E-state index in [1.807, 2.05) is 0 Å². The lowest BCUT2D eigenvalue weighted by atomic mass is 10.0. The van der Waals surface area contributed by atoms with Crippen molar-refractivity contribution in [3.63, 3.8) is 0 Å². The van der Waals surface area contributed by atoms with E-state index in [2.05, 4.69) is 5.32 Å². The minimum Gasteiger partial charge on any atom is -0.495 e. The number of nitrogens with one attached hydrogen (secondary N) is 1. The molecule has 0 saturated carbocycles. The zero-order chi connectivity index (χ0) is 10.8. The van der Waals surface area contributed by atoms with Crippen molar-refractivity contribution in [2.45, 2.75) is 18.9 Å². The average Bonchev–Trinajstić information content (AvgIpc) is 2.71. The van der Waals surface area contributed by atoms with E-state index in [4.69, 9.17) is 16.3 Å². The van der Waals surface area contributed by atoms with Gasteiger partial charge in [0.2, 0.25) is 0 Å². The Hall–Kier alpha value is -0.800. The number of benzene rings is 1. The highest BCUT2D eigenvalue weighted by Crippen LogP contribution is 2.36. The van der Waals surface area contributed by atoms with Crippen LogP contribution < -0.4 is 10.1 Å². The first-order valence-electron chi connectivity index (χ1n) is 4.99. The normalized spacial score (nSPS) is 20.6. The van der Waals surface area contributed by atoms with Gasteiger partial charge in [0, 0.05) is 11.6 Å². The molecule has 0 aliphatic carbocycles. The third-order valence-corrected chi connectivity index (χ3v) is 3.11. The predicted molar refractivity (Wildman–Crippen MR) is 57.9 cm³/mol. The number of methoxy groups -OCH3 is 1. The third kappa shape index (κ3) is 1.94. The molecule has 1 aliphatic rings. The van der Waals surface area contributed by atoms with E-state index in [0.717, 1.165) is 19.4 Å². The Balaban J connectivity index is 2.43. The van der Waals surface area contributed by atoms with Crippen molar-refractivity contribution in [3.8, 4) is 5.75 Å². The molecule has 1 aromatic rings. The first-order valence-corrected chi connectivity index (χ1v) is 5.37. The molecule has 0 bridgehead atoms. The first-order chi connectivity index (χ1) is 7.24. The zero-order valence-corrected chi connectivity index (χ0v) is 9.27. The van der Waals surface area contributed by atoms with Gasteiger partial charge < -0.3 is 10.1 Å². The molecule has 1 aromatic carbocycles. The monoisotopic (exact) mass is 229 g/mol. The minimum absolute atomic E-state index is 0.0209. The summed E-state index contributed by atoms with van der Waals surface area (Å²) < 4.78 is 18.7. The topological polar surface area (TPSA) is 21.3 Å². The summed E-state index contributed by atoms with van der Waals surface area (Å²) in [5.41, 5.74) is 0.536. The van der Waals surface area contributed by atoms with Gasteiger partial charge in [-0.15, -0.1) is 0 Å². The molecule has 1 N–H and O–H groups in total. The molecule has 0 spiro atoms. The van der Waals surface area contributed by atoms with Crippen LogP contribution in [0.5, 0.6) is 5.75 Å². The predicted octanol–water partition coefficient (Wildman–Crippen LogP) is 2.91. The zero-order valence-electron chi connectivity index (χ0n) is 8.52. The molecule has 0 amide bonds. The van der Waals surface area contributed by atoms with Crippen LogP contribution in [0, 0.1) is 5.82 Å². The Kier molecular flexibility index (Phi) is 3.12.